The average molecular weight is 1020 g/mol. The van der Waals surface area contributed by atoms with Crippen molar-refractivity contribution in [1.82, 2.24) is 42.2 Å². The molecule has 8 amide bonds. The van der Waals surface area contributed by atoms with Crippen molar-refractivity contribution in [3.63, 3.8) is 0 Å². The number of primary amides is 1. The molecule has 0 bridgehead atoms. The summed E-state index contributed by atoms with van der Waals surface area (Å²) in [6.45, 7) is 6.25. The van der Waals surface area contributed by atoms with E-state index in [1.165, 1.54) is 35.4 Å². The Bertz CT molecular complexity index is 2410. The molecule has 3 aromatic rings. The lowest BCUT2D eigenvalue weighted by Crippen LogP contribution is -2.62. The number of amides is 8. The number of nitrogens with zero attached hydrogens (tertiary/aromatic N) is 2. The molecule has 2 aromatic carbocycles. The Morgan fingerprint density at radius 3 is 2.00 bits per heavy atom. The fraction of sp³-hybridized carbons (Fsp3) is 0.478. The van der Waals surface area contributed by atoms with Crippen LogP contribution in [0.15, 0.2) is 70.8 Å². The minimum Gasteiger partial charge on any atom is -0.370 e. The van der Waals surface area contributed by atoms with Crippen LogP contribution in [-0.2, 0) is 51.2 Å². The van der Waals surface area contributed by atoms with Gasteiger partial charge in [0.1, 0.15) is 42.3 Å². The van der Waals surface area contributed by atoms with Crippen molar-refractivity contribution in [2.24, 2.45) is 38.7 Å². The van der Waals surface area contributed by atoms with Crippen molar-refractivity contribution < 1.29 is 38.4 Å². The lowest BCUT2D eigenvalue weighted by molar-refractivity contribution is -0.135. The van der Waals surface area contributed by atoms with Crippen LogP contribution >= 0.6 is 21.6 Å². The van der Waals surface area contributed by atoms with Gasteiger partial charge in [0.25, 0.3) is 0 Å². The lowest BCUT2D eigenvalue weighted by atomic mass is 10.00. The van der Waals surface area contributed by atoms with E-state index in [2.05, 4.69) is 52.2 Å². The van der Waals surface area contributed by atoms with Crippen LogP contribution in [0.3, 0.4) is 0 Å². The molecule has 23 nitrogen and oxygen atoms in total. The second kappa shape index (κ2) is 27.4. The van der Waals surface area contributed by atoms with Gasteiger partial charge < -0.3 is 70.9 Å². The maximum atomic E-state index is 14.4. The number of guanidine groups is 2. The van der Waals surface area contributed by atoms with Crippen LogP contribution in [0.25, 0.3) is 10.9 Å². The lowest BCUT2D eigenvalue weighted by Gasteiger charge is -2.34. The number of hydrogen-bond donors (Lipinski definition) is 13. The molecular weight excluding hydrogens is 955 g/mol. The zero-order valence-corrected chi connectivity index (χ0v) is 41.9. The largest absolute Gasteiger partial charge is 0.370 e. The maximum Gasteiger partial charge on any atom is 0.244 e. The standard InChI is InChI=1S/C46H67N15O8S2/c1-25-38(64)59-34(22-27-12-6-5-7-13-27)41(67)58-33(17-11-20-53-45(50)51)39(65)60-35(23-28-24-54-30-15-9-8-14-29(28)30)42(68)57-31(37(47)63)18-21-70-71-46(3,4)36(43(69)55-25)61-40(66)32(56-26(2)62)16-10-19-52-44(48)49/h5-9,12-15,24-25,31-36,54H,10-11,16-23H2,1-4H3,(H2,47,63)(H,55,69)(H,56,62)(H,57,68)(H,58,67)(H,59,64)(H,60,65)(H,61,66)(H4,48,49,52)(H4,50,51,53)/t25-,31?,32+,33+,34-,35+,36-/m1/s1. The third kappa shape index (κ3) is 18.3. The third-order valence-corrected chi connectivity index (χ3v) is 14.6. The van der Waals surface area contributed by atoms with Crippen LogP contribution in [0.4, 0.5) is 0 Å². The Labute approximate surface area is 419 Å². The monoisotopic (exact) mass is 1020 g/mol. The van der Waals surface area contributed by atoms with E-state index >= 15 is 0 Å². The fourth-order valence-electron chi connectivity index (χ4n) is 7.55. The Morgan fingerprint density at radius 1 is 0.746 bits per heavy atom. The first-order valence-corrected chi connectivity index (χ1v) is 25.4. The topological polar surface area (TPSA) is 391 Å². The molecule has 0 radical (unpaired) electrons. The molecule has 386 valence electrons. The van der Waals surface area contributed by atoms with Crippen molar-refractivity contribution in [3.8, 4) is 0 Å². The SMILES string of the molecule is CC(=O)N[C@@H](CCCN=C(N)N)C(=O)N[C@@H]1C(=O)N[C@H](C)C(=O)N[C@H](Cc2ccccc2)C(=O)N[C@@H](CCCN=C(N)N)C(=O)N[C@@H](Cc2c[nH]c3ccccc23)C(=O)NC(C(N)=O)CCSSC1(C)C. The Balaban J connectivity index is 1.76. The number of fused-ring (bicyclic) bond motifs is 1. The number of para-hydroxylation sites is 1. The molecule has 1 aromatic heterocycles. The Morgan fingerprint density at radius 2 is 1.34 bits per heavy atom. The average Bonchev–Trinajstić information content (AvgIpc) is 3.72. The number of carbonyl (C=O) groups excluding carboxylic acids is 8. The predicted molar refractivity (Wildman–Crippen MR) is 275 cm³/mol. The van der Waals surface area contributed by atoms with Gasteiger partial charge in [0.2, 0.25) is 47.3 Å². The van der Waals surface area contributed by atoms with Gasteiger partial charge in [-0.25, -0.2) is 0 Å². The van der Waals surface area contributed by atoms with E-state index in [9.17, 15) is 38.4 Å². The number of benzene rings is 2. The Kier molecular flexibility index (Phi) is 21.8. The molecule has 1 fully saturated rings. The summed E-state index contributed by atoms with van der Waals surface area (Å²) >= 11 is 0. The van der Waals surface area contributed by atoms with Gasteiger partial charge in [0, 0.05) is 60.5 Å². The van der Waals surface area contributed by atoms with Crippen LogP contribution in [0.2, 0.25) is 0 Å². The number of aromatic nitrogens is 1. The zero-order valence-electron chi connectivity index (χ0n) is 40.2. The van der Waals surface area contributed by atoms with Gasteiger partial charge in [0.15, 0.2) is 11.9 Å². The normalized spacial score (nSPS) is 22.1. The van der Waals surface area contributed by atoms with Gasteiger partial charge in [-0.3, -0.25) is 48.3 Å². The molecule has 0 spiro atoms. The predicted octanol–water partition coefficient (Wildman–Crippen LogP) is -1.46. The molecule has 2 heterocycles. The van der Waals surface area contributed by atoms with Crippen molar-refractivity contribution in [1.29, 1.82) is 0 Å². The number of H-pyrrole nitrogens is 1. The molecule has 1 saturated heterocycles. The molecule has 7 atom stereocenters. The molecule has 0 saturated carbocycles. The van der Waals surface area contributed by atoms with Crippen LogP contribution in [0.5, 0.6) is 0 Å². The number of hydrogen-bond acceptors (Lipinski definition) is 12. The summed E-state index contributed by atoms with van der Waals surface area (Å²) in [5, 5.41) is 19.8. The van der Waals surface area contributed by atoms with E-state index in [4.69, 9.17) is 28.7 Å². The first-order chi connectivity index (χ1) is 33.6. The van der Waals surface area contributed by atoms with Crippen LogP contribution in [0, 0.1) is 0 Å². The maximum absolute atomic E-state index is 14.4. The van der Waals surface area contributed by atoms with Gasteiger partial charge in [-0.1, -0.05) is 70.1 Å². The van der Waals surface area contributed by atoms with E-state index in [1.54, 1.807) is 50.4 Å². The molecule has 0 aliphatic carbocycles. The molecule has 1 aliphatic heterocycles. The molecule has 1 aliphatic rings. The second-order valence-corrected chi connectivity index (χ2v) is 20.6. The van der Waals surface area contributed by atoms with E-state index in [1.807, 2.05) is 24.3 Å². The highest BCUT2D eigenvalue weighted by Crippen LogP contribution is 2.39. The summed E-state index contributed by atoms with van der Waals surface area (Å²) in [5.41, 5.74) is 30.0. The first-order valence-electron chi connectivity index (χ1n) is 23.0. The highest BCUT2D eigenvalue weighted by molar-refractivity contribution is 8.77. The zero-order chi connectivity index (χ0) is 52.3. The van der Waals surface area contributed by atoms with Gasteiger partial charge in [-0.05, 0) is 70.1 Å². The van der Waals surface area contributed by atoms with E-state index in [0.717, 1.165) is 10.9 Å². The highest BCUT2D eigenvalue weighted by atomic mass is 33.1. The van der Waals surface area contributed by atoms with Crippen LogP contribution < -0.4 is 65.9 Å². The number of aliphatic imine (C=N–C) groups is 2. The quantitative estimate of drug-likeness (QED) is 0.0338. The first kappa shape index (κ1) is 56.6. The number of aromatic amines is 1. The summed E-state index contributed by atoms with van der Waals surface area (Å²) in [6.07, 6.45) is 2.20. The van der Waals surface area contributed by atoms with Gasteiger partial charge in [0.05, 0.1) is 0 Å². The van der Waals surface area contributed by atoms with Gasteiger partial charge >= 0.3 is 0 Å². The smallest absolute Gasteiger partial charge is 0.244 e. The Hall–Kier alpha value is -7.02. The number of carbonyl (C=O) groups is 8. The summed E-state index contributed by atoms with van der Waals surface area (Å²) in [7, 11) is 2.40. The van der Waals surface area contributed by atoms with E-state index < -0.39 is 94.3 Å². The summed E-state index contributed by atoms with van der Waals surface area (Å²) in [6, 6.07) is 7.23. The van der Waals surface area contributed by atoms with E-state index in [0.29, 0.717) is 17.5 Å². The highest BCUT2D eigenvalue weighted by Gasteiger charge is 2.40. The number of nitrogens with one attached hydrogen (secondary N) is 8. The number of rotatable bonds is 16. The van der Waals surface area contributed by atoms with Crippen molar-refractivity contribution >= 4 is 91.7 Å². The number of nitrogens with two attached hydrogens (primary N) is 5. The van der Waals surface area contributed by atoms with Gasteiger partial charge in [-0.2, -0.15) is 0 Å². The van der Waals surface area contributed by atoms with Crippen LogP contribution in [-0.4, -0.2) is 130 Å². The van der Waals surface area contributed by atoms with Crippen molar-refractivity contribution in [2.45, 2.75) is 120 Å². The minimum atomic E-state index is -1.36. The summed E-state index contributed by atoms with van der Waals surface area (Å²) < 4.78 is -1.16. The fourth-order valence-corrected chi connectivity index (χ4v) is 10.3. The molecule has 71 heavy (non-hydrogen) atoms. The molecule has 25 heteroatoms. The molecule has 18 N–H and O–H groups in total. The summed E-state index contributed by atoms with van der Waals surface area (Å²) in [4.78, 5) is 122. The second-order valence-electron chi connectivity index (χ2n) is 17.5. The minimum absolute atomic E-state index is 0.00960. The van der Waals surface area contributed by atoms with E-state index in [-0.39, 0.29) is 69.3 Å². The molecular formula is C46H67N15O8S2. The van der Waals surface area contributed by atoms with Crippen LogP contribution in [0.1, 0.15) is 70.9 Å². The molecule has 1 unspecified atom stereocenters. The summed E-state index contributed by atoms with van der Waals surface area (Å²) in [5.74, 6) is -6.04. The van der Waals surface area contributed by atoms with Gasteiger partial charge in [-0.15, -0.1) is 0 Å². The molecule has 4 rings (SSSR count). The van der Waals surface area contributed by atoms with Crippen molar-refractivity contribution in [3.05, 3.63) is 71.9 Å². The van der Waals surface area contributed by atoms with Crippen molar-refractivity contribution in [2.75, 3.05) is 18.8 Å². The third-order valence-electron chi connectivity index (χ3n) is 11.3.